The maximum absolute atomic E-state index is 14.3. The van der Waals surface area contributed by atoms with Crippen molar-refractivity contribution in [3.8, 4) is 0 Å². The predicted molar refractivity (Wildman–Crippen MR) is 174 cm³/mol. The van der Waals surface area contributed by atoms with Gasteiger partial charge in [0.2, 0.25) is 5.91 Å². The Bertz CT molecular complexity index is 1370. The number of ketones is 1. The second-order valence-electron chi connectivity index (χ2n) is 12.7. The minimum absolute atomic E-state index is 0.0438. The Morgan fingerprint density at radius 2 is 1.67 bits per heavy atom. The van der Waals surface area contributed by atoms with Crippen LogP contribution in [0.3, 0.4) is 0 Å². The Morgan fingerprint density at radius 1 is 1.04 bits per heavy atom. The molecule has 4 rings (SSSR count). The fourth-order valence-electron chi connectivity index (χ4n) is 6.13. The van der Waals surface area contributed by atoms with Crippen LogP contribution < -0.4 is 0 Å². The summed E-state index contributed by atoms with van der Waals surface area (Å²) in [6.45, 7) is 7.81. The van der Waals surface area contributed by atoms with Gasteiger partial charge in [0.15, 0.2) is 11.6 Å². The van der Waals surface area contributed by atoms with Gasteiger partial charge in [-0.25, -0.2) is 9.69 Å². The molecular formula is C35H44BrNO9. The van der Waals surface area contributed by atoms with Crippen molar-refractivity contribution in [3.05, 3.63) is 82.3 Å². The average molecular weight is 703 g/mol. The van der Waals surface area contributed by atoms with Crippen LogP contribution in [0.1, 0.15) is 51.7 Å². The number of aliphatic hydroxyl groups excluding tert-OH is 1. The number of imide groups is 1. The lowest BCUT2D eigenvalue weighted by Crippen LogP contribution is -2.55. The molecule has 10 nitrogen and oxygen atoms in total. The molecule has 2 heterocycles. The maximum Gasteiger partial charge on any atom is 0.417 e. The molecule has 0 saturated carbocycles. The van der Waals surface area contributed by atoms with Crippen molar-refractivity contribution in [1.29, 1.82) is 0 Å². The van der Waals surface area contributed by atoms with E-state index in [2.05, 4.69) is 15.9 Å². The quantitative estimate of drug-likeness (QED) is 0.248. The van der Waals surface area contributed by atoms with Gasteiger partial charge in [-0.15, -0.1) is 0 Å². The zero-order valence-corrected chi connectivity index (χ0v) is 28.4. The van der Waals surface area contributed by atoms with Gasteiger partial charge in [-0.2, -0.15) is 0 Å². The molecule has 0 radical (unpaired) electrons. The maximum atomic E-state index is 14.3. The Morgan fingerprint density at radius 3 is 2.28 bits per heavy atom. The number of rotatable bonds is 15. The summed E-state index contributed by atoms with van der Waals surface area (Å²) in [5.41, 5.74) is 0.817. The summed E-state index contributed by atoms with van der Waals surface area (Å²) in [5.74, 6) is -4.26. The number of halogens is 1. The van der Waals surface area contributed by atoms with Gasteiger partial charge in [-0.05, 0) is 65.7 Å². The van der Waals surface area contributed by atoms with Gasteiger partial charge >= 0.3 is 6.09 Å². The monoisotopic (exact) mass is 701 g/mol. The standard InChI is InChI=1S/C35H44BrNO9/c1-23(2)31-34(3,4)46-33(41)37(31)32(40)27(18-24-12-7-5-8-13-24)30-28(39)19-29(36)35(42,45-30)16-11-17-43-22-26(20-38)44-21-25-14-9-6-10-15-25/h5-10,12-15,19,23,26-27,30-31,38,42H,11,16-18,20-22H2,1-4H3/t26-,27+,30+,31+,35-/m1/s1. The minimum Gasteiger partial charge on any atom is -0.441 e. The van der Waals surface area contributed by atoms with E-state index in [4.69, 9.17) is 18.9 Å². The molecule has 0 aromatic heterocycles. The number of amides is 2. The molecule has 0 unspecified atom stereocenters. The van der Waals surface area contributed by atoms with Gasteiger partial charge in [0.25, 0.3) is 0 Å². The van der Waals surface area contributed by atoms with E-state index in [1.807, 2.05) is 74.5 Å². The molecule has 11 heteroatoms. The van der Waals surface area contributed by atoms with Crippen LogP contribution >= 0.6 is 15.9 Å². The second-order valence-corrected chi connectivity index (χ2v) is 13.5. The summed E-state index contributed by atoms with van der Waals surface area (Å²) >= 11 is 3.30. The zero-order valence-electron chi connectivity index (χ0n) is 26.8. The Hall–Kier alpha value is -2.93. The number of cyclic esters (lactones) is 1. The lowest BCUT2D eigenvalue weighted by molar-refractivity contribution is -0.219. The van der Waals surface area contributed by atoms with E-state index < -0.39 is 53.3 Å². The first-order valence-electron chi connectivity index (χ1n) is 15.6. The summed E-state index contributed by atoms with van der Waals surface area (Å²) in [5, 5.41) is 21.3. The van der Waals surface area contributed by atoms with Gasteiger partial charge in [-0.1, -0.05) is 74.5 Å². The molecule has 5 atom stereocenters. The van der Waals surface area contributed by atoms with Crippen LogP contribution in [-0.2, 0) is 41.6 Å². The van der Waals surface area contributed by atoms with E-state index in [0.29, 0.717) is 13.0 Å². The average Bonchev–Trinajstić information content (AvgIpc) is 3.28. The predicted octanol–water partition coefficient (Wildman–Crippen LogP) is 4.94. The molecule has 0 bridgehead atoms. The molecule has 250 valence electrons. The normalized spacial score (nSPS) is 24.1. The molecule has 0 aliphatic carbocycles. The van der Waals surface area contributed by atoms with E-state index >= 15 is 0 Å². The molecule has 1 saturated heterocycles. The number of nitrogens with zero attached hydrogens (tertiary/aromatic N) is 1. The highest BCUT2D eigenvalue weighted by Crippen LogP contribution is 2.40. The lowest BCUT2D eigenvalue weighted by atomic mass is 9.85. The Kier molecular flexibility index (Phi) is 12.3. The van der Waals surface area contributed by atoms with Gasteiger partial charge in [0.05, 0.1) is 36.3 Å². The summed E-state index contributed by atoms with van der Waals surface area (Å²) in [6.07, 6.45) is -0.946. The minimum atomic E-state index is -1.92. The van der Waals surface area contributed by atoms with Crippen LogP contribution in [0.5, 0.6) is 0 Å². The molecule has 2 N–H and O–H groups in total. The van der Waals surface area contributed by atoms with E-state index in [9.17, 15) is 24.6 Å². The molecule has 2 aliphatic rings. The SMILES string of the molecule is CC(C)[C@@H]1N(C(=O)[C@@H](Cc2ccccc2)[C@@H]2O[C@](O)(CCCOC[C@@H](CO)OCc3ccccc3)C(Br)=CC2=O)C(=O)OC1(C)C. The van der Waals surface area contributed by atoms with Crippen LogP contribution in [0.25, 0.3) is 0 Å². The Balaban J connectivity index is 1.45. The highest BCUT2D eigenvalue weighted by atomic mass is 79.9. The van der Waals surface area contributed by atoms with E-state index in [1.165, 1.54) is 6.08 Å². The highest BCUT2D eigenvalue weighted by molar-refractivity contribution is 9.11. The first kappa shape index (κ1) is 35.9. The third-order valence-electron chi connectivity index (χ3n) is 8.27. The van der Waals surface area contributed by atoms with Crippen molar-refractivity contribution in [3.63, 3.8) is 0 Å². The molecule has 0 spiro atoms. The van der Waals surface area contributed by atoms with Crippen LogP contribution in [-0.4, -0.2) is 82.4 Å². The number of benzene rings is 2. The fourth-order valence-corrected chi connectivity index (χ4v) is 6.65. The number of carbonyl (C=O) groups is 3. The first-order valence-corrected chi connectivity index (χ1v) is 16.4. The molecule has 2 aliphatic heterocycles. The van der Waals surface area contributed by atoms with Crippen molar-refractivity contribution in [2.45, 2.75) is 83.2 Å². The molecule has 1 fully saturated rings. The summed E-state index contributed by atoms with van der Waals surface area (Å²) in [6, 6.07) is 18.2. The molecular weight excluding hydrogens is 658 g/mol. The van der Waals surface area contributed by atoms with Crippen molar-refractivity contribution in [2.24, 2.45) is 11.8 Å². The first-order chi connectivity index (χ1) is 21.9. The fraction of sp³-hybridized carbons (Fsp3) is 0.514. The summed E-state index contributed by atoms with van der Waals surface area (Å²) in [7, 11) is 0. The van der Waals surface area contributed by atoms with E-state index in [-0.39, 0.29) is 43.1 Å². The number of aliphatic hydroxyl groups is 2. The summed E-state index contributed by atoms with van der Waals surface area (Å²) < 4.78 is 23.3. The van der Waals surface area contributed by atoms with Crippen LogP contribution in [0, 0.1) is 11.8 Å². The van der Waals surface area contributed by atoms with Gasteiger partial charge in [0, 0.05) is 13.0 Å². The van der Waals surface area contributed by atoms with Crippen molar-refractivity contribution in [2.75, 3.05) is 19.8 Å². The van der Waals surface area contributed by atoms with Gasteiger partial charge in [0.1, 0.15) is 17.8 Å². The van der Waals surface area contributed by atoms with Crippen LogP contribution in [0.4, 0.5) is 4.79 Å². The van der Waals surface area contributed by atoms with E-state index in [0.717, 1.165) is 16.0 Å². The molecule has 2 aromatic carbocycles. The Labute approximate surface area is 278 Å². The third kappa shape index (κ3) is 8.70. The summed E-state index contributed by atoms with van der Waals surface area (Å²) in [4.78, 5) is 41.9. The van der Waals surface area contributed by atoms with Gasteiger partial charge < -0.3 is 29.2 Å². The topological polar surface area (TPSA) is 132 Å². The van der Waals surface area contributed by atoms with Crippen LogP contribution in [0.15, 0.2) is 71.2 Å². The van der Waals surface area contributed by atoms with Crippen molar-refractivity contribution >= 4 is 33.7 Å². The molecule has 2 aromatic rings. The largest absolute Gasteiger partial charge is 0.441 e. The second kappa shape index (κ2) is 15.8. The number of hydrogen-bond acceptors (Lipinski definition) is 9. The number of hydrogen-bond donors (Lipinski definition) is 2. The van der Waals surface area contributed by atoms with Crippen LogP contribution in [0.2, 0.25) is 0 Å². The van der Waals surface area contributed by atoms with Crippen molar-refractivity contribution < 1.29 is 43.5 Å². The number of carbonyl (C=O) groups excluding carboxylic acids is 3. The number of ether oxygens (including phenoxy) is 4. The smallest absolute Gasteiger partial charge is 0.417 e. The third-order valence-corrected chi connectivity index (χ3v) is 9.12. The van der Waals surface area contributed by atoms with Crippen molar-refractivity contribution in [1.82, 2.24) is 4.90 Å². The zero-order chi connectivity index (χ0) is 33.5. The molecule has 2 amide bonds. The highest BCUT2D eigenvalue weighted by Gasteiger charge is 2.55. The van der Waals surface area contributed by atoms with Gasteiger partial charge in [-0.3, -0.25) is 9.59 Å². The lowest BCUT2D eigenvalue weighted by Gasteiger charge is -2.39. The van der Waals surface area contributed by atoms with E-state index in [1.54, 1.807) is 13.8 Å². The molecule has 46 heavy (non-hydrogen) atoms.